The van der Waals surface area contributed by atoms with E-state index in [-0.39, 0.29) is 5.56 Å². The molecule has 1 aliphatic rings. The van der Waals surface area contributed by atoms with E-state index in [1.165, 1.54) is 31.7 Å². The fourth-order valence-electron chi connectivity index (χ4n) is 4.63. The summed E-state index contributed by atoms with van der Waals surface area (Å²) in [7, 11) is 0. The smallest absolute Gasteiger partial charge is 0.165 e. The predicted molar refractivity (Wildman–Crippen MR) is 121 cm³/mol. The first-order chi connectivity index (χ1) is 14.5. The highest BCUT2D eigenvalue weighted by Crippen LogP contribution is 2.40. The van der Waals surface area contributed by atoms with Crippen LogP contribution in [0.3, 0.4) is 0 Å². The van der Waals surface area contributed by atoms with E-state index in [2.05, 4.69) is 13.5 Å². The van der Waals surface area contributed by atoms with Crippen molar-refractivity contribution in [2.24, 2.45) is 11.8 Å². The molecule has 0 amide bonds. The van der Waals surface area contributed by atoms with Gasteiger partial charge in [-0.15, -0.1) is 6.58 Å². The van der Waals surface area contributed by atoms with Crippen molar-refractivity contribution in [1.82, 2.24) is 0 Å². The molecule has 162 valence electrons. The first-order valence-corrected chi connectivity index (χ1v) is 11.4. The molecule has 3 rings (SSSR count). The third kappa shape index (κ3) is 5.36. The Morgan fingerprint density at radius 2 is 1.83 bits per heavy atom. The Labute approximate surface area is 178 Å². The van der Waals surface area contributed by atoms with E-state index in [0.29, 0.717) is 29.5 Å². The van der Waals surface area contributed by atoms with E-state index >= 15 is 4.39 Å². The van der Waals surface area contributed by atoms with Crippen LogP contribution in [-0.4, -0.2) is 0 Å². The Bertz CT molecular complexity index is 888. The van der Waals surface area contributed by atoms with Crippen molar-refractivity contribution in [3.8, 4) is 0 Å². The Hall–Kier alpha value is -2.03. The molecule has 3 heteroatoms. The summed E-state index contributed by atoms with van der Waals surface area (Å²) in [5.41, 5.74) is 0.816. The quantitative estimate of drug-likeness (QED) is 0.283. The number of allylic oxidation sites excluding steroid dienone is 2. The Balaban J connectivity index is 1.74. The minimum absolute atomic E-state index is 0.260. The summed E-state index contributed by atoms with van der Waals surface area (Å²) in [4.78, 5) is 0. The van der Waals surface area contributed by atoms with Gasteiger partial charge in [-0.2, -0.15) is 0 Å². The lowest BCUT2D eigenvalue weighted by atomic mass is 9.79. The number of aryl methyl sites for hydroxylation is 1. The van der Waals surface area contributed by atoms with Gasteiger partial charge in [0, 0.05) is 16.9 Å². The van der Waals surface area contributed by atoms with Gasteiger partial charge in [-0.25, -0.2) is 13.2 Å². The second-order valence-corrected chi connectivity index (χ2v) is 8.69. The van der Waals surface area contributed by atoms with Crippen LogP contribution in [0.25, 0.3) is 16.6 Å². The number of hydrogen-bond acceptors (Lipinski definition) is 0. The molecule has 0 aliphatic heterocycles. The SMILES string of the molecule is C=CCCc1ccc2c(F)c(C(F)=C(F)C3CCC(CCCCC)CC3)ccc2c1. The molecular formula is C27H33F3. The van der Waals surface area contributed by atoms with Crippen LogP contribution in [0, 0.1) is 17.7 Å². The summed E-state index contributed by atoms with van der Waals surface area (Å²) in [5, 5.41) is 1.04. The molecule has 0 radical (unpaired) electrons. The van der Waals surface area contributed by atoms with E-state index in [1.54, 1.807) is 12.1 Å². The lowest BCUT2D eigenvalue weighted by Crippen LogP contribution is -2.15. The lowest BCUT2D eigenvalue weighted by Gasteiger charge is -2.27. The summed E-state index contributed by atoms with van der Waals surface area (Å²) in [6, 6.07) is 8.47. The number of benzene rings is 2. The van der Waals surface area contributed by atoms with Crippen LogP contribution in [-0.2, 0) is 6.42 Å². The topological polar surface area (TPSA) is 0 Å². The van der Waals surface area contributed by atoms with Gasteiger partial charge < -0.3 is 0 Å². The highest BCUT2D eigenvalue weighted by molar-refractivity contribution is 5.87. The molecule has 1 fully saturated rings. The fraction of sp³-hybridized carbons (Fsp3) is 0.481. The van der Waals surface area contributed by atoms with Crippen LogP contribution < -0.4 is 0 Å². The molecule has 1 saturated carbocycles. The van der Waals surface area contributed by atoms with Crippen LogP contribution in [0.1, 0.15) is 75.8 Å². The Kier molecular flexibility index (Phi) is 8.18. The van der Waals surface area contributed by atoms with Gasteiger partial charge in [-0.05, 0) is 61.5 Å². The molecule has 2 aromatic carbocycles. The molecule has 0 saturated heterocycles. The Morgan fingerprint density at radius 3 is 2.53 bits per heavy atom. The molecule has 30 heavy (non-hydrogen) atoms. The molecule has 0 nitrogen and oxygen atoms in total. The second kappa shape index (κ2) is 10.8. The van der Waals surface area contributed by atoms with Crippen LogP contribution in [0.4, 0.5) is 13.2 Å². The number of hydrogen-bond donors (Lipinski definition) is 0. The number of fused-ring (bicyclic) bond motifs is 1. The molecular weight excluding hydrogens is 381 g/mol. The van der Waals surface area contributed by atoms with Crippen LogP contribution in [0.5, 0.6) is 0 Å². The monoisotopic (exact) mass is 414 g/mol. The largest absolute Gasteiger partial charge is 0.208 e. The summed E-state index contributed by atoms with van der Waals surface area (Å²) < 4.78 is 44.9. The maximum atomic E-state index is 15.0. The summed E-state index contributed by atoms with van der Waals surface area (Å²) in [6.45, 7) is 5.90. The highest BCUT2D eigenvalue weighted by atomic mass is 19.2. The summed E-state index contributed by atoms with van der Waals surface area (Å²) in [6.07, 6.45) is 11.5. The molecule has 1 aliphatic carbocycles. The second-order valence-electron chi connectivity index (χ2n) is 8.69. The van der Waals surface area contributed by atoms with Crippen molar-refractivity contribution in [2.45, 2.75) is 71.1 Å². The predicted octanol–water partition coefficient (Wildman–Crippen LogP) is 9.09. The zero-order chi connectivity index (χ0) is 21.5. The normalized spacial score (nSPS) is 20.3. The molecule has 2 aromatic rings. The van der Waals surface area contributed by atoms with Gasteiger partial charge in [0.25, 0.3) is 0 Å². The van der Waals surface area contributed by atoms with Crippen molar-refractivity contribution in [3.05, 3.63) is 65.8 Å². The van der Waals surface area contributed by atoms with E-state index < -0.39 is 23.4 Å². The van der Waals surface area contributed by atoms with E-state index in [0.717, 1.165) is 31.2 Å². The van der Waals surface area contributed by atoms with Crippen molar-refractivity contribution >= 4 is 16.6 Å². The molecule has 0 bridgehead atoms. The first kappa shape index (κ1) is 22.7. The first-order valence-electron chi connectivity index (χ1n) is 11.4. The van der Waals surface area contributed by atoms with Gasteiger partial charge >= 0.3 is 0 Å². The third-order valence-electron chi connectivity index (χ3n) is 6.52. The van der Waals surface area contributed by atoms with Crippen LogP contribution in [0.2, 0.25) is 0 Å². The number of halogens is 3. The minimum Gasteiger partial charge on any atom is -0.208 e. The molecule has 0 spiro atoms. The molecule has 0 unspecified atom stereocenters. The zero-order valence-corrected chi connectivity index (χ0v) is 18.0. The van der Waals surface area contributed by atoms with Gasteiger partial charge in [-0.1, -0.05) is 62.9 Å². The van der Waals surface area contributed by atoms with Crippen molar-refractivity contribution < 1.29 is 13.2 Å². The molecule has 0 heterocycles. The number of rotatable bonds is 9. The number of unbranched alkanes of at least 4 members (excludes halogenated alkanes) is 2. The van der Waals surface area contributed by atoms with Gasteiger partial charge in [0.05, 0.1) is 0 Å². The van der Waals surface area contributed by atoms with E-state index in [4.69, 9.17) is 0 Å². The van der Waals surface area contributed by atoms with Gasteiger partial charge in [0.2, 0.25) is 0 Å². The molecule has 0 N–H and O–H groups in total. The third-order valence-corrected chi connectivity index (χ3v) is 6.52. The lowest BCUT2D eigenvalue weighted by molar-refractivity contribution is 0.258. The molecule has 0 atom stereocenters. The van der Waals surface area contributed by atoms with Crippen LogP contribution in [0.15, 0.2) is 48.8 Å². The highest BCUT2D eigenvalue weighted by Gasteiger charge is 2.27. The van der Waals surface area contributed by atoms with Gasteiger partial charge in [0.15, 0.2) is 5.83 Å². The summed E-state index contributed by atoms with van der Waals surface area (Å²) in [5.74, 6) is -2.29. The zero-order valence-electron chi connectivity index (χ0n) is 18.0. The fourth-order valence-corrected chi connectivity index (χ4v) is 4.63. The Morgan fingerprint density at radius 1 is 1.07 bits per heavy atom. The maximum absolute atomic E-state index is 15.0. The van der Waals surface area contributed by atoms with E-state index in [1.807, 2.05) is 18.2 Å². The average Bonchev–Trinajstić information content (AvgIpc) is 2.77. The molecule has 0 aromatic heterocycles. The van der Waals surface area contributed by atoms with Crippen molar-refractivity contribution in [1.29, 1.82) is 0 Å². The minimum atomic E-state index is -1.03. The van der Waals surface area contributed by atoms with Gasteiger partial charge in [-0.3, -0.25) is 0 Å². The average molecular weight is 415 g/mol. The summed E-state index contributed by atoms with van der Waals surface area (Å²) >= 11 is 0. The standard InChI is InChI=1S/C27H33F3/c1-3-5-7-9-19-10-13-21(14-11-19)25(28)27(30)24-17-15-22-18-20(8-6-4-2)12-16-23(22)26(24)29/h4,12,15-19,21H,2-3,5-11,13-14H2,1H3. The van der Waals surface area contributed by atoms with Crippen molar-refractivity contribution in [2.75, 3.05) is 0 Å². The van der Waals surface area contributed by atoms with E-state index in [9.17, 15) is 8.78 Å². The van der Waals surface area contributed by atoms with Crippen LogP contribution >= 0.6 is 0 Å². The van der Waals surface area contributed by atoms with Crippen molar-refractivity contribution in [3.63, 3.8) is 0 Å². The van der Waals surface area contributed by atoms with Gasteiger partial charge in [0.1, 0.15) is 11.6 Å². The maximum Gasteiger partial charge on any atom is 0.165 e.